The zero-order chi connectivity index (χ0) is 11.1. The highest BCUT2D eigenvalue weighted by Crippen LogP contribution is 2.40. The Balaban J connectivity index is 2.37. The average Bonchev–Trinajstić information content (AvgIpc) is 2.13. The predicted molar refractivity (Wildman–Crippen MR) is 57.8 cm³/mol. The van der Waals surface area contributed by atoms with E-state index < -0.39 is 4.92 Å². The van der Waals surface area contributed by atoms with Crippen molar-refractivity contribution >= 4 is 17.3 Å². The molecule has 0 saturated heterocycles. The van der Waals surface area contributed by atoms with Gasteiger partial charge in [0.2, 0.25) is 0 Å². The van der Waals surface area contributed by atoms with E-state index in [1.165, 1.54) is 6.07 Å². The number of hydrogen-bond acceptors (Lipinski definition) is 3. The number of benzene rings is 1. The molecule has 1 aromatic carbocycles. The van der Waals surface area contributed by atoms with Crippen LogP contribution in [0.15, 0.2) is 18.2 Å². The van der Waals surface area contributed by atoms with Crippen molar-refractivity contribution in [3.63, 3.8) is 0 Å². The van der Waals surface area contributed by atoms with Gasteiger partial charge in [-0.05, 0) is 30.9 Å². The molecule has 0 spiro atoms. The van der Waals surface area contributed by atoms with E-state index in [2.05, 4.69) is 0 Å². The van der Waals surface area contributed by atoms with Gasteiger partial charge in [0.15, 0.2) is 0 Å². The molecule has 15 heavy (non-hydrogen) atoms. The number of halogens is 1. The summed E-state index contributed by atoms with van der Waals surface area (Å²) < 4.78 is 0. The highest BCUT2D eigenvalue weighted by Gasteiger charge is 2.35. The molecule has 0 radical (unpaired) electrons. The molecule has 1 aromatic rings. The van der Waals surface area contributed by atoms with Crippen molar-refractivity contribution in [3.05, 3.63) is 38.9 Å². The maximum atomic E-state index is 10.6. The van der Waals surface area contributed by atoms with Crippen LogP contribution in [0.5, 0.6) is 0 Å². The predicted octanol–water partition coefficient (Wildman–Crippen LogP) is 2.59. The van der Waals surface area contributed by atoms with Gasteiger partial charge in [-0.2, -0.15) is 0 Å². The zero-order valence-electron chi connectivity index (χ0n) is 8.07. The lowest BCUT2D eigenvalue weighted by molar-refractivity contribution is -0.384. The van der Waals surface area contributed by atoms with E-state index in [0.29, 0.717) is 0 Å². The summed E-state index contributed by atoms with van der Waals surface area (Å²) >= 11 is 5.81. The molecule has 2 N–H and O–H groups in total. The van der Waals surface area contributed by atoms with Crippen LogP contribution in [0.4, 0.5) is 5.69 Å². The first-order chi connectivity index (χ1) is 7.03. The SMILES string of the molecule is NC1(c2ccc([N+](=O)[O-])c(Cl)c2)CCC1. The summed E-state index contributed by atoms with van der Waals surface area (Å²) in [5, 5.41) is 10.7. The first-order valence-corrected chi connectivity index (χ1v) is 5.14. The van der Waals surface area contributed by atoms with Crippen molar-refractivity contribution in [3.8, 4) is 0 Å². The van der Waals surface area contributed by atoms with E-state index in [1.807, 2.05) is 0 Å². The topological polar surface area (TPSA) is 69.2 Å². The molecule has 0 amide bonds. The Bertz CT molecular complexity index is 416. The smallest absolute Gasteiger partial charge is 0.287 e. The van der Waals surface area contributed by atoms with Gasteiger partial charge in [-0.1, -0.05) is 17.7 Å². The van der Waals surface area contributed by atoms with Crippen LogP contribution in [0.1, 0.15) is 24.8 Å². The summed E-state index contributed by atoms with van der Waals surface area (Å²) in [6.45, 7) is 0. The average molecular weight is 227 g/mol. The highest BCUT2D eigenvalue weighted by molar-refractivity contribution is 6.32. The third-order valence-electron chi connectivity index (χ3n) is 2.97. The maximum absolute atomic E-state index is 10.6. The standard InChI is InChI=1S/C10H11ClN2O2/c11-8-6-7(10(12)4-1-5-10)2-3-9(8)13(14)15/h2-3,6H,1,4-5,12H2. The lowest BCUT2D eigenvalue weighted by Crippen LogP contribution is -2.43. The third-order valence-corrected chi connectivity index (χ3v) is 3.27. The van der Waals surface area contributed by atoms with E-state index >= 15 is 0 Å². The molecular weight excluding hydrogens is 216 g/mol. The first-order valence-electron chi connectivity index (χ1n) is 4.76. The number of rotatable bonds is 2. The van der Waals surface area contributed by atoms with Crippen LogP contribution < -0.4 is 5.73 Å². The van der Waals surface area contributed by atoms with Crippen molar-refractivity contribution in [1.29, 1.82) is 0 Å². The summed E-state index contributed by atoms with van der Waals surface area (Å²) in [6.07, 6.45) is 2.94. The summed E-state index contributed by atoms with van der Waals surface area (Å²) in [7, 11) is 0. The van der Waals surface area contributed by atoms with Crippen LogP contribution in [0.2, 0.25) is 5.02 Å². The fraction of sp³-hybridized carbons (Fsp3) is 0.400. The molecule has 1 saturated carbocycles. The van der Waals surface area contributed by atoms with Crippen molar-refractivity contribution in [1.82, 2.24) is 0 Å². The van der Waals surface area contributed by atoms with Crippen molar-refractivity contribution < 1.29 is 4.92 Å². The minimum atomic E-state index is -0.490. The quantitative estimate of drug-likeness (QED) is 0.623. The number of nitro benzene ring substituents is 1. The fourth-order valence-electron chi connectivity index (χ4n) is 1.81. The van der Waals surface area contributed by atoms with Crippen LogP contribution in [0, 0.1) is 10.1 Å². The Hall–Kier alpha value is -1.13. The minimum Gasteiger partial charge on any atom is -0.321 e. The van der Waals surface area contributed by atoms with Crippen molar-refractivity contribution in [2.24, 2.45) is 5.73 Å². The number of hydrogen-bond donors (Lipinski definition) is 1. The van der Waals surface area contributed by atoms with E-state index in [9.17, 15) is 10.1 Å². The Kier molecular flexibility index (Phi) is 2.40. The Labute approximate surface area is 92.2 Å². The number of nitrogens with zero attached hydrogens (tertiary/aromatic N) is 1. The van der Waals surface area contributed by atoms with Crippen molar-refractivity contribution in [2.45, 2.75) is 24.8 Å². The van der Waals surface area contributed by atoms with Crippen LogP contribution in [0.25, 0.3) is 0 Å². The molecule has 80 valence electrons. The lowest BCUT2D eigenvalue weighted by Gasteiger charge is -2.38. The third kappa shape index (κ3) is 1.70. The van der Waals surface area contributed by atoms with Gasteiger partial charge in [0.05, 0.1) is 4.92 Å². The molecule has 0 atom stereocenters. The molecule has 1 aliphatic carbocycles. The van der Waals surface area contributed by atoms with Crippen molar-refractivity contribution in [2.75, 3.05) is 0 Å². The van der Waals surface area contributed by atoms with Crippen LogP contribution in [-0.4, -0.2) is 4.92 Å². The van der Waals surface area contributed by atoms with Crippen LogP contribution in [-0.2, 0) is 5.54 Å². The Morgan fingerprint density at radius 3 is 2.53 bits per heavy atom. The molecule has 1 aliphatic rings. The second-order valence-electron chi connectivity index (χ2n) is 3.93. The monoisotopic (exact) mass is 226 g/mol. The van der Waals surface area contributed by atoms with Gasteiger partial charge in [-0.15, -0.1) is 0 Å². The molecule has 0 heterocycles. The van der Waals surface area contributed by atoms with Crippen LogP contribution >= 0.6 is 11.6 Å². The van der Waals surface area contributed by atoms with E-state index in [1.54, 1.807) is 12.1 Å². The van der Waals surface area contributed by atoms with Gasteiger partial charge < -0.3 is 5.73 Å². The molecule has 0 aromatic heterocycles. The van der Waals surface area contributed by atoms with Gasteiger partial charge in [0, 0.05) is 11.6 Å². The van der Waals surface area contributed by atoms with Crippen LogP contribution in [0.3, 0.4) is 0 Å². The largest absolute Gasteiger partial charge is 0.321 e. The molecule has 1 fully saturated rings. The second kappa shape index (κ2) is 3.47. The number of nitro groups is 1. The van der Waals surface area contributed by atoms with E-state index in [4.69, 9.17) is 17.3 Å². The highest BCUT2D eigenvalue weighted by atomic mass is 35.5. The zero-order valence-corrected chi connectivity index (χ0v) is 8.83. The number of nitrogens with two attached hydrogens (primary N) is 1. The van der Waals surface area contributed by atoms with E-state index in [-0.39, 0.29) is 16.2 Å². The Morgan fingerprint density at radius 1 is 1.47 bits per heavy atom. The van der Waals surface area contributed by atoms with Gasteiger partial charge in [0.1, 0.15) is 5.02 Å². The molecule has 0 unspecified atom stereocenters. The lowest BCUT2D eigenvalue weighted by atomic mass is 9.73. The maximum Gasteiger partial charge on any atom is 0.287 e. The molecule has 4 nitrogen and oxygen atoms in total. The molecule has 0 aliphatic heterocycles. The molecule has 2 rings (SSSR count). The van der Waals surface area contributed by atoms with Gasteiger partial charge >= 0.3 is 0 Å². The summed E-state index contributed by atoms with van der Waals surface area (Å²) in [6, 6.07) is 4.73. The first kappa shape index (κ1) is 10.4. The molecule has 0 bridgehead atoms. The summed E-state index contributed by atoms with van der Waals surface area (Å²) in [5.41, 5.74) is 6.60. The Morgan fingerprint density at radius 2 is 2.13 bits per heavy atom. The van der Waals surface area contributed by atoms with Gasteiger partial charge in [-0.25, -0.2) is 0 Å². The summed E-state index contributed by atoms with van der Waals surface area (Å²) in [5.74, 6) is 0. The minimum absolute atomic E-state index is 0.0664. The summed E-state index contributed by atoms with van der Waals surface area (Å²) in [4.78, 5) is 10.1. The molecular formula is C10H11ClN2O2. The van der Waals surface area contributed by atoms with E-state index in [0.717, 1.165) is 24.8 Å². The van der Waals surface area contributed by atoms with Gasteiger partial charge in [-0.3, -0.25) is 10.1 Å². The molecule has 5 heteroatoms. The normalized spacial score (nSPS) is 18.3. The second-order valence-corrected chi connectivity index (χ2v) is 4.34. The fourth-order valence-corrected chi connectivity index (χ4v) is 2.06. The van der Waals surface area contributed by atoms with Gasteiger partial charge in [0.25, 0.3) is 5.69 Å².